The Kier molecular flexibility index (Phi) is 9.17. The number of sulfonamides is 1. The van der Waals surface area contributed by atoms with Crippen molar-refractivity contribution in [2.24, 2.45) is 5.92 Å². The number of carbonyl (C=O) groups excluding carboxylic acids is 1. The zero-order chi connectivity index (χ0) is 24.7. The van der Waals surface area contributed by atoms with Gasteiger partial charge in [0.05, 0.1) is 23.8 Å². The number of ether oxygens (including phenoxy) is 2. The molecular weight excluding hydrogens is 458 g/mol. The second kappa shape index (κ2) is 11.9. The molecule has 0 fully saturated rings. The van der Waals surface area contributed by atoms with Gasteiger partial charge in [-0.3, -0.25) is 9.48 Å². The number of likely N-dealkylation sites (N-methyl/N-ethyl adjacent to an activating group) is 1. The van der Waals surface area contributed by atoms with Crippen LogP contribution in [-0.2, 0) is 37.4 Å². The summed E-state index contributed by atoms with van der Waals surface area (Å²) in [5, 5.41) is 11.6. The van der Waals surface area contributed by atoms with E-state index in [1.165, 1.54) is 4.31 Å². The predicted molar refractivity (Wildman–Crippen MR) is 126 cm³/mol. The monoisotopic (exact) mass is 493 g/mol. The largest absolute Gasteiger partial charge is 0.464 e. The van der Waals surface area contributed by atoms with Gasteiger partial charge in [-0.15, -0.1) is 5.10 Å². The van der Waals surface area contributed by atoms with E-state index >= 15 is 0 Å². The van der Waals surface area contributed by atoms with E-state index in [1.54, 1.807) is 42.2 Å². The first-order valence-corrected chi connectivity index (χ1v) is 13.0. The summed E-state index contributed by atoms with van der Waals surface area (Å²) in [4.78, 5) is 12.2. The summed E-state index contributed by atoms with van der Waals surface area (Å²) in [5.41, 5.74) is 1.65. The Morgan fingerprint density at radius 3 is 2.71 bits per heavy atom. The molecule has 0 spiro atoms. The Balaban J connectivity index is 1.75. The first-order chi connectivity index (χ1) is 16.1. The maximum atomic E-state index is 13.1. The maximum absolute atomic E-state index is 13.1. The van der Waals surface area contributed by atoms with E-state index in [2.05, 4.69) is 15.6 Å². The SMILES string of the molecule is Cc1ccc(S(=O)(=O)N(C)C[C@H]2OCc3cn(nn3)CCCC(=O)OC[C@@H](C)NC[C@H]2C)cc1. The van der Waals surface area contributed by atoms with Crippen LogP contribution in [0, 0.1) is 12.8 Å². The number of aryl methyl sites for hydroxylation is 2. The number of nitrogens with zero attached hydrogens (tertiary/aromatic N) is 4. The summed E-state index contributed by atoms with van der Waals surface area (Å²) < 4.78 is 40.8. The van der Waals surface area contributed by atoms with Crippen molar-refractivity contribution in [1.29, 1.82) is 0 Å². The molecular formula is C23H35N5O5S. The van der Waals surface area contributed by atoms with Crippen LogP contribution in [0.15, 0.2) is 35.4 Å². The Labute approximate surface area is 201 Å². The molecule has 0 saturated carbocycles. The standard InChI is InChI=1S/C23H35N5O5S/c1-17-7-9-21(10-8-17)34(30,31)27(4)14-22-18(2)12-24-19(3)15-33-23(29)6-5-11-28-13-20(16-32-22)25-26-28/h7-10,13,18-19,22,24H,5-6,11-12,14-16H2,1-4H3/t18-,19-,22-/m1/s1. The lowest BCUT2D eigenvalue weighted by atomic mass is 10.0. The summed E-state index contributed by atoms with van der Waals surface area (Å²) in [5.74, 6) is -0.268. The maximum Gasteiger partial charge on any atom is 0.305 e. The fourth-order valence-corrected chi connectivity index (χ4v) is 4.78. The van der Waals surface area contributed by atoms with Gasteiger partial charge in [0.2, 0.25) is 10.0 Å². The van der Waals surface area contributed by atoms with Crippen molar-refractivity contribution in [2.45, 2.75) is 63.8 Å². The van der Waals surface area contributed by atoms with Gasteiger partial charge in [0.1, 0.15) is 12.3 Å². The number of fused-ring (bicyclic) bond motifs is 2. The average molecular weight is 494 g/mol. The summed E-state index contributed by atoms with van der Waals surface area (Å²) in [6.07, 6.45) is 2.31. The van der Waals surface area contributed by atoms with Crippen LogP contribution >= 0.6 is 0 Å². The lowest BCUT2D eigenvalue weighted by Crippen LogP contribution is -2.43. The van der Waals surface area contributed by atoms with Crippen LogP contribution in [0.25, 0.3) is 0 Å². The van der Waals surface area contributed by atoms with Gasteiger partial charge in [-0.25, -0.2) is 8.42 Å². The third-order valence-corrected chi connectivity index (χ3v) is 7.72. The molecule has 3 rings (SSSR count). The second-order valence-corrected chi connectivity index (χ2v) is 11.0. The smallest absolute Gasteiger partial charge is 0.305 e. The van der Waals surface area contributed by atoms with Gasteiger partial charge >= 0.3 is 5.97 Å². The molecule has 34 heavy (non-hydrogen) atoms. The Morgan fingerprint density at radius 2 is 1.97 bits per heavy atom. The number of aromatic nitrogens is 3. The molecule has 0 unspecified atom stereocenters. The minimum absolute atomic E-state index is 0.0308. The number of nitrogens with one attached hydrogen (secondary N) is 1. The Hall–Kier alpha value is -2.34. The summed E-state index contributed by atoms with van der Waals surface area (Å²) in [6, 6.07) is 6.77. The predicted octanol–water partition coefficient (Wildman–Crippen LogP) is 1.74. The quantitative estimate of drug-likeness (QED) is 0.641. The molecule has 3 atom stereocenters. The lowest BCUT2D eigenvalue weighted by molar-refractivity contribution is -0.144. The molecule has 0 amide bonds. The molecule has 1 aromatic carbocycles. The van der Waals surface area contributed by atoms with E-state index < -0.39 is 16.1 Å². The van der Waals surface area contributed by atoms with Gasteiger partial charge in [-0.2, -0.15) is 4.31 Å². The van der Waals surface area contributed by atoms with Crippen molar-refractivity contribution >= 4 is 16.0 Å². The van der Waals surface area contributed by atoms with Crippen LogP contribution < -0.4 is 5.32 Å². The van der Waals surface area contributed by atoms with Crippen molar-refractivity contribution < 1.29 is 22.7 Å². The molecule has 1 aliphatic heterocycles. The zero-order valence-electron chi connectivity index (χ0n) is 20.3. The molecule has 188 valence electrons. The molecule has 1 aliphatic rings. The Bertz CT molecular complexity index is 1040. The highest BCUT2D eigenvalue weighted by molar-refractivity contribution is 7.89. The minimum Gasteiger partial charge on any atom is -0.464 e. The van der Waals surface area contributed by atoms with Crippen LogP contribution in [0.2, 0.25) is 0 Å². The van der Waals surface area contributed by atoms with Crippen LogP contribution in [0.3, 0.4) is 0 Å². The van der Waals surface area contributed by atoms with Gasteiger partial charge in [-0.1, -0.05) is 29.8 Å². The molecule has 2 heterocycles. The van der Waals surface area contributed by atoms with Gasteiger partial charge in [-0.05, 0) is 38.3 Å². The number of hydrogen-bond donors (Lipinski definition) is 1. The minimum atomic E-state index is -3.67. The molecule has 2 aromatic rings. The molecule has 0 radical (unpaired) electrons. The first-order valence-electron chi connectivity index (χ1n) is 11.6. The van der Waals surface area contributed by atoms with E-state index in [1.807, 2.05) is 20.8 Å². The normalized spacial score (nSPS) is 23.6. The lowest BCUT2D eigenvalue weighted by Gasteiger charge is -2.29. The highest BCUT2D eigenvalue weighted by Crippen LogP contribution is 2.19. The average Bonchev–Trinajstić information content (AvgIpc) is 3.26. The van der Waals surface area contributed by atoms with Gasteiger partial charge < -0.3 is 14.8 Å². The number of cyclic esters (lactones) is 1. The van der Waals surface area contributed by atoms with Crippen LogP contribution in [0.1, 0.15) is 37.9 Å². The molecule has 0 aliphatic carbocycles. The van der Waals surface area contributed by atoms with E-state index in [9.17, 15) is 13.2 Å². The third kappa shape index (κ3) is 7.33. The van der Waals surface area contributed by atoms with Crippen molar-refractivity contribution in [3.63, 3.8) is 0 Å². The summed E-state index contributed by atoms with van der Waals surface area (Å²) >= 11 is 0. The number of carbonyl (C=O) groups is 1. The Morgan fingerprint density at radius 1 is 1.24 bits per heavy atom. The molecule has 0 saturated heterocycles. The molecule has 1 N–H and O–H groups in total. The number of hydrogen-bond acceptors (Lipinski definition) is 8. The fraction of sp³-hybridized carbons (Fsp3) is 0.609. The summed E-state index contributed by atoms with van der Waals surface area (Å²) in [6.45, 7) is 7.64. The number of rotatable bonds is 4. The van der Waals surface area contributed by atoms with Crippen LogP contribution in [0.4, 0.5) is 0 Å². The molecule has 10 nitrogen and oxygen atoms in total. The van der Waals surface area contributed by atoms with Crippen LogP contribution in [-0.4, -0.2) is 72.6 Å². The molecule has 11 heteroatoms. The van der Waals surface area contributed by atoms with Crippen molar-refractivity contribution in [3.05, 3.63) is 41.7 Å². The van der Waals surface area contributed by atoms with Gasteiger partial charge in [0, 0.05) is 39.1 Å². The van der Waals surface area contributed by atoms with Crippen LogP contribution in [0.5, 0.6) is 0 Å². The first kappa shape index (κ1) is 26.3. The molecule has 2 bridgehead atoms. The number of esters is 1. The highest BCUT2D eigenvalue weighted by atomic mass is 32.2. The topological polar surface area (TPSA) is 116 Å². The molecule has 1 aromatic heterocycles. The van der Waals surface area contributed by atoms with Crippen molar-refractivity contribution in [2.75, 3.05) is 26.7 Å². The second-order valence-electron chi connectivity index (χ2n) is 8.99. The summed E-state index contributed by atoms with van der Waals surface area (Å²) in [7, 11) is -2.10. The van der Waals surface area contributed by atoms with Crippen molar-refractivity contribution in [3.8, 4) is 0 Å². The van der Waals surface area contributed by atoms with Gasteiger partial charge in [0.25, 0.3) is 0 Å². The fourth-order valence-electron chi connectivity index (χ4n) is 3.60. The third-order valence-electron chi connectivity index (χ3n) is 5.88. The zero-order valence-corrected chi connectivity index (χ0v) is 21.1. The van der Waals surface area contributed by atoms with Crippen molar-refractivity contribution in [1.82, 2.24) is 24.6 Å². The van der Waals surface area contributed by atoms with E-state index in [-0.39, 0.29) is 42.6 Å². The van der Waals surface area contributed by atoms with Gasteiger partial charge in [0.15, 0.2) is 0 Å². The van der Waals surface area contributed by atoms with E-state index in [0.717, 1.165) is 5.56 Å². The van der Waals surface area contributed by atoms with E-state index in [4.69, 9.17) is 9.47 Å². The van der Waals surface area contributed by atoms with E-state index in [0.29, 0.717) is 31.6 Å². The number of benzene rings is 1. The highest BCUT2D eigenvalue weighted by Gasteiger charge is 2.28.